The standard InChI is InChI=1S/C10H14IN3O.ClH/c11-10-9(15)6-8(7-13-10)14-4-1-2-12-3-5-14;/h6-7,12,15H,1-5H2;1H. The number of hydrogen-bond acceptors (Lipinski definition) is 4. The van der Waals surface area contributed by atoms with Gasteiger partial charge in [-0.3, -0.25) is 0 Å². The molecule has 0 radical (unpaired) electrons. The van der Waals surface area contributed by atoms with Crippen LogP contribution in [0, 0.1) is 3.70 Å². The number of aromatic hydroxyl groups is 1. The quantitative estimate of drug-likeness (QED) is 0.594. The monoisotopic (exact) mass is 355 g/mol. The zero-order chi connectivity index (χ0) is 10.7. The molecule has 1 aliphatic rings. The van der Waals surface area contributed by atoms with E-state index < -0.39 is 0 Å². The normalized spacial score (nSPS) is 16.4. The molecule has 1 saturated heterocycles. The second kappa shape index (κ2) is 6.46. The van der Waals surface area contributed by atoms with Crippen LogP contribution in [0.1, 0.15) is 6.42 Å². The summed E-state index contributed by atoms with van der Waals surface area (Å²) in [6.07, 6.45) is 2.96. The van der Waals surface area contributed by atoms with Gasteiger partial charge in [0.1, 0.15) is 9.45 Å². The Morgan fingerprint density at radius 1 is 1.38 bits per heavy atom. The summed E-state index contributed by atoms with van der Waals surface area (Å²) in [5.74, 6) is 0.269. The number of rotatable bonds is 1. The highest BCUT2D eigenvalue weighted by atomic mass is 127. The molecule has 2 rings (SSSR count). The van der Waals surface area contributed by atoms with Crippen molar-refractivity contribution in [1.29, 1.82) is 0 Å². The molecule has 2 N–H and O–H groups in total. The molecule has 6 heteroatoms. The lowest BCUT2D eigenvalue weighted by atomic mass is 10.3. The molecule has 0 amide bonds. The number of anilines is 1. The Hall–Kier alpha value is -0.270. The third-order valence-corrected chi connectivity index (χ3v) is 3.34. The molecule has 0 bridgehead atoms. The van der Waals surface area contributed by atoms with Crippen LogP contribution >= 0.6 is 35.0 Å². The topological polar surface area (TPSA) is 48.4 Å². The van der Waals surface area contributed by atoms with E-state index in [1.165, 1.54) is 0 Å². The molecule has 0 spiro atoms. The molecular weight excluding hydrogens is 340 g/mol. The van der Waals surface area contributed by atoms with Crippen molar-refractivity contribution in [3.05, 3.63) is 16.0 Å². The highest BCUT2D eigenvalue weighted by Gasteiger charge is 2.11. The number of nitrogens with one attached hydrogen (secondary N) is 1. The zero-order valence-electron chi connectivity index (χ0n) is 8.82. The first-order valence-corrected chi connectivity index (χ1v) is 6.15. The zero-order valence-corrected chi connectivity index (χ0v) is 11.8. The van der Waals surface area contributed by atoms with Crippen LogP contribution in [0.5, 0.6) is 5.75 Å². The second-order valence-corrected chi connectivity index (χ2v) is 4.62. The van der Waals surface area contributed by atoms with Crippen LogP contribution in [-0.2, 0) is 0 Å². The smallest absolute Gasteiger partial charge is 0.149 e. The summed E-state index contributed by atoms with van der Waals surface area (Å²) in [5, 5.41) is 12.9. The molecule has 0 aromatic carbocycles. The minimum atomic E-state index is 0. The summed E-state index contributed by atoms with van der Waals surface area (Å²) in [5.41, 5.74) is 1.01. The Labute approximate surface area is 115 Å². The Bertz CT molecular complexity index is 343. The summed E-state index contributed by atoms with van der Waals surface area (Å²) in [6.45, 7) is 4.06. The van der Waals surface area contributed by atoms with Crippen molar-refractivity contribution in [3.8, 4) is 5.75 Å². The van der Waals surface area contributed by atoms with Gasteiger partial charge in [0.2, 0.25) is 0 Å². The van der Waals surface area contributed by atoms with E-state index in [1.807, 2.05) is 28.8 Å². The van der Waals surface area contributed by atoms with Gasteiger partial charge < -0.3 is 15.3 Å². The van der Waals surface area contributed by atoms with Gasteiger partial charge in [-0.1, -0.05) is 0 Å². The maximum atomic E-state index is 9.59. The van der Waals surface area contributed by atoms with E-state index in [2.05, 4.69) is 15.2 Å². The number of halogens is 2. The van der Waals surface area contributed by atoms with Gasteiger partial charge in [0.25, 0.3) is 0 Å². The summed E-state index contributed by atoms with van der Waals surface area (Å²) in [6, 6.07) is 1.79. The van der Waals surface area contributed by atoms with E-state index in [9.17, 15) is 5.11 Å². The number of hydrogen-bond donors (Lipinski definition) is 2. The largest absolute Gasteiger partial charge is 0.505 e. The van der Waals surface area contributed by atoms with E-state index >= 15 is 0 Å². The van der Waals surface area contributed by atoms with Crippen LogP contribution in [0.4, 0.5) is 5.69 Å². The van der Waals surface area contributed by atoms with Gasteiger partial charge in [0.05, 0.1) is 11.9 Å². The van der Waals surface area contributed by atoms with E-state index in [0.717, 1.165) is 38.3 Å². The van der Waals surface area contributed by atoms with Gasteiger partial charge in [-0.2, -0.15) is 0 Å². The summed E-state index contributed by atoms with van der Waals surface area (Å²) >= 11 is 2.03. The molecule has 1 aromatic heterocycles. The van der Waals surface area contributed by atoms with Crippen LogP contribution in [0.15, 0.2) is 12.3 Å². The molecule has 0 atom stereocenters. The molecule has 0 unspecified atom stereocenters. The Balaban J connectivity index is 0.00000128. The number of nitrogens with zero attached hydrogens (tertiary/aromatic N) is 2. The van der Waals surface area contributed by atoms with Crippen LogP contribution in [0.2, 0.25) is 0 Å². The first-order valence-electron chi connectivity index (χ1n) is 5.07. The molecule has 4 nitrogen and oxygen atoms in total. The Kier molecular flexibility index (Phi) is 5.57. The average Bonchev–Trinajstić information content (AvgIpc) is 2.50. The van der Waals surface area contributed by atoms with E-state index in [-0.39, 0.29) is 18.2 Å². The van der Waals surface area contributed by atoms with Gasteiger partial charge >= 0.3 is 0 Å². The van der Waals surface area contributed by atoms with E-state index in [4.69, 9.17) is 0 Å². The first kappa shape index (κ1) is 13.8. The highest BCUT2D eigenvalue weighted by molar-refractivity contribution is 14.1. The fraction of sp³-hybridized carbons (Fsp3) is 0.500. The molecule has 1 aromatic rings. The van der Waals surface area contributed by atoms with Crippen LogP contribution in [0.25, 0.3) is 0 Å². The van der Waals surface area contributed by atoms with Crippen molar-refractivity contribution in [2.24, 2.45) is 0 Å². The highest BCUT2D eigenvalue weighted by Crippen LogP contribution is 2.23. The summed E-state index contributed by atoms with van der Waals surface area (Å²) in [7, 11) is 0. The van der Waals surface area contributed by atoms with Crippen LogP contribution in [0.3, 0.4) is 0 Å². The second-order valence-electron chi connectivity index (χ2n) is 3.59. The molecular formula is C10H15ClIN3O. The van der Waals surface area contributed by atoms with Crippen LogP contribution in [-0.4, -0.2) is 36.3 Å². The minimum absolute atomic E-state index is 0. The molecule has 0 aliphatic carbocycles. The first-order chi connectivity index (χ1) is 7.27. The maximum absolute atomic E-state index is 9.59. The van der Waals surface area contributed by atoms with Gasteiger partial charge in [-0.05, 0) is 35.6 Å². The molecule has 1 fully saturated rings. The van der Waals surface area contributed by atoms with Crippen molar-refractivity contribution >= 4 is 40.7 Å². The predicted molar refractivity (Wildman–Crippen MR) is 75.6 cm³/mol. The van der Waals surface area contributed by atoms with Gasteiger partial charge in [0.15, 0.2) is 0 Å². The number of pyridine rings is 1. The third kappa shape index (κ3) is 3.36. The van der Waals surface area contributed by atoms with Crippen LogP contribution < -0.4 is 10.2 Å². The van der Waals surface area contributed by atoms with Crippen molar-refractivity contribution in [3.63, 3.8) is 0 Å². The van der Waals surface area contributed by atoms with E-state index in [1.54, 1.807) is 6.07 Å². The fourth-order valence-corrected chi connectivity index (χ4v) is 2.00. The van der Waals surface area contributed by atoms with Gasteiger partial charge in [-0.15, -0.1) is 12.4 Å². The van der Waals surface area contributed by atoms with Crippen molar-refractivity contribution in [2.75, 3.05) is 31.1 Å². The maximum Gasteiger partial charge on any atom is 0.149 e. The van der Waals surface area contributed by atoms with Gasteiger partial charge in [-0.25, -0.2) is 4.98 Å². The Morgan fingerprint density at radius 2 is 2.19 bits per heavy atom. The van der Waals surface area contributed by atoms with E-state index in [0.29, 0.717) is 3.70 Å². The minimum Gasteiger partial charge on any atom is -0.505 e. The molecule has 1 aliphatic heterocycles. The molecule has 0 saturated carbocycles. The van der Waals surface area contributed by atoms with Gasteiger partial charge in [0, 0.05) is 25.7 Å². The van der Waals surface area contributed by atoms with Crippen molar-refractivity contribution in [2.45, 2.75) is 6.42 Å². The lowest BCUT2D eigenvalue weighted by Gasteiger charge is -2.21. The summed E-state index contributed by atoms with van der Waals surface area (Å²) in [4.78, 5) is 6.41. The fourth-order valence-electron chi connectivity index (χ4n) is 1.70. The Morgan fingerprint density at radius 3 is 2.94 bits per heavy atom. The third-order valence-electron chi connectivity index (χ3n) is 2.51. The summed E-state index contributed by atoms with van der Waals surface area (Å²) < 4.78 is 0.657. The molecule has 2 heterocycles. The molecule has 90 valence electrons. The SMILES string of the molecule is Cl.Oc1cc(N2CCCNCC2)cnc1I. The van der Waals surface area contributed by atoms with Crippen molar-refractivity contribution < 1.29 is 5.11 Å². The molecule has 16 heavy (non-hydrogen) atoms. The average molecular weight is 356 g/mol. The predicted octanol–water partition coefficient (Wildman–Crippen LogP) is 1.61. The lowest BCUT2D eigenvalue weighted by molar-refractivity contribution is 0.468. The lowest BCUT2D eigenvalue weighted by Crippen LogP contribution is -2.27. The van der Waals surface area contributed by atoms with Crippen molar-refractivity contribution in [1.82, 2.24) is 10.3 Å². The number of aromatic nitrogens is 1.